The summed E-state index contributed by atoms with van der Waals surface area (Å²) in [7, 11) is 1.42. The lowest BCUT2D eigenvalue weighted by Gasteiger charge is -2.11. The fourth-order valence-corrected chi connectivity index (χ4v) is 1.95. The number of benzene rings is 2. The molecular weight excluding hydrogens is 300 g/mol. The number of nitrogens with zero attached hydrogens (tertiary/aromatic N) is 1. The zero-order chi connectivity index (χ0) is 16.8. The van der Waals surface area contributed by atoms with Crippen LogP contribution >= 0.6 is 0 Å². The van der Waals surface area contributed by atoms with Gasteiger partial charge in [-0.2, -0.15) is 0 Å². The molecule has 0 radical (unpaired) electrons. The Labute approximate surface area is 133 Å². The molecule has 1 amide bonds. The number of rotatable bonds is 6. The van der Waals surface area contributed by atoms with Gasteiger partial charge in [-0.05, 0) is 30.7 Å². The van der Waals surface area contributed by atoms with Crippen LogP contribution in [-0.2, 0) is 4.79 Å². The molecule has 0 fully saturated rings. The second kappa shape index (κ2) is 7.26. The molecule has 0 aliphatic rings. The summed E-state index contributed by atoms with van der Waals surface area (Å²) in [6.07, 6.45) is 0. The van der Waals surface area contributed by atoms with Crippen LogP contribution in [0.2, 0.25) is 0 Å². The number of methoxy groups -OCH3 is 1. The third-order valence-electron chi connectivity index (χ3n) is 3.02. The monoisotopic (exact) mass is 316 g/mol. The van der Waals surface area contributed by atoms with Gasteiger partial charge >= 0.3 is 0 Å². The van der Waals surface area contributed by atoms with E-state index in [0.29, 0.717) is 11.4 Å². The highest BCUT2D eigenvalue weighted by atomic mass is 16.6. The SMILES string of the molecule is COc1ccc([N+](=O)[O-])cc1OCC(=O)Nc1cccc(C)c1. The lowest BCUT2D eigenvalue weighted by atomic mass is 10.2. The summed E-state index contributed by atoms with van der Waals surface area (Å²) in [5.74, 6) is 0.0872. The minimum atomic E-state index is -0.543. The Hall–Kier alpha value is -3.09. The predicted octanol–water partition coefficient (Wildman–Crippen LogP) is 2.93. The molecule has 0 aliphatic heterocycles. The summed E-state index contributed by atoms with van der Waals surface area (Å²) in [6.45, 7) is 1.63. The number of anilines is 1. The van der Waals surface area contributed by atoms with E-state index in [2.05, 4.69) is 5.32 Å². The smallest absolute Gasteiger partial charge is 0.273 e. The highest BCUT2D eigenvalue weighted by Gasteiger charge is 2.14. The number of amides is 1. The molecule has 120 valence electrons. The zero-order valence-corrected chi connectivity index (χ0v) is 12.7. The van der Waals surface area contributed by atoms with Gasteiger partial charge in [-0.1, -0.05) is 12.1 Å². The van der Waals surface area contributed by atoms with E-state index in [9.17, 15) is 14.9 Å². The van der Waals surface area contributed by atoms with Crippen molar-refractivity contribution in [3.8, 4) is 11.5 Å². The molecule has 2 rings (SSSR count). The minimum Gasteiger partial charge on any atom is -0.493 e. The minimum absolute atomic E-state index is 0.139. The van der Waals surface area contributed by atoms with Crippen molar-refractivity contribution in [2.75, 3.05) is 19.0 Å². The first-order valence-corrected chi connectivity index (χ1v) is 6.81. The Morgan fingerprint density at radius 1 is 1.22 bits per heavy atom. The predicted molar refractivity (Wildman–Crippen MR) is 85.0 cm³/mol. The van der Waals surface area contributed by atoms with E-state index >= 15 is 0 Å². The fraction of sp³-hybridized carbons (Fsp3) is 0.188. The highest BCUT2D eigenvalue weighted by Crippen LogP contribution is 2.31. The Balaban J connectivity index is 2.03. The van der Waals surface area contributed by atoms with Gasteiger partial charge in [0.25, 0.3) is 11.6 Å². The number of nitrogens with one attached hydrogen (secondary N) is 1. The number of aryl methyl sites for hydroxylation is 1. The molecule has 0 heterocycles. The standard InChI is InChI=1S/C16H16N2O5/c1-11-4-3-5-12(8-11)17-16(19)10-23-15-9-13(18(20)21)6-7-14(15)22-2/h3-9H,10H2,1-2H3,(H,17,19). The van der Waals surface area contributed by atoms with Crippen LogP contribution in [0.15, 0.2) is 42.5 Å². The molecule has 0 aromatic heterocycles. The first-order chi connectivity index (χ1) is 11.0. The van der Waals surface area contributed by atoms with Gasteiger partial charge in [0.1, 0.15) is 0 Å². The third kappa shape index (κ3) is 4.44. The Morgan fingerprint density at radius 2 is 2.00 bits per heavy atom. The quantitative estimate of drug-likeness (QED) is 0.653. The van der Waals surface area contributed by atoms with Gasteiger partial charge in [-0.3, -0.25) is 14.9 Å². The number of nitro benzene ring substituents is 1. The van der Waals surface area contributed by atoms with Crippen molar-refractivity contribution < 1.29 is 19.2 Å². The van der Waals surface area contributed by atoms with Crippen LogP contribution in [0, 0.1) is 17.0 Å². The maximum atomic E-state index is 11.9. The van der Waals surface area contributed by atoms with Crippen LogP contribution in [0.5, 0.6) is 11.5 Å². The summed E-state index contributed by atoms with van der Waals surface area (Å²) in [5, 5.41) is 13.5. The van der Waals surface area contributed by atoms with E-state index in [0.717, 1.165) is 5.56 Å². The summed E-state index contributed by atoms with van der Waals surface area (Å²) >= 11 is 0. The number of carbonyl (C=O) groups excluding carboxylic acids is 1. The van der Waals surface area contributed by atoms with Crippen LogP contribution in [0.1, 0.15) is 5.56 Å². The Morgan fingerprint density at radius 3 is 2.65 bits per heavy atom. The molecule has 7 nitrogen and oxygen atoms in total. The maximum absolute atomic E-state index is 11.9. The van der Waals surface area contributed by atoms with Crippen molar-refractivity contribution in [3.63, 3.8) is 0 Å². The van der Waals surface area contributed by atoms with Crippen molar-refractivity contribution in [2.45, 2.75) is 6.92 Å². The summed E-state index contributed by atoms with van der Waals surface area (Å²) in [5.41, 5.74) is 1.54. The number of ether oxygens (including phenoxy) is 2. The van der Waals surface area contributed by atoms with Crippen molar-refractivity contribution in [1.29, 1.82) is 0 Å². The maximum Gasteiger partial charge on any atom is 0.273 e. The number of carbonyl (C=O) groups is 1. The van der Waals surface area contributed by atoms with Crippen molar-refractivity contribution in [2.24, 2.45) is 0 Å². The summed E-state index contributed by atoms with van der Waals surface area (Å²) in [6, 6.07) is 11.3. The summed E-state index contributed by atoms with van der Waals surface area (Å²) < 4.78 is 10.4. The highest BCUT2D eigenvalue weighted by molar-refractivity contribution is 5.92. The number of hydrogen-bond donors (Lipinski definition) is 1. The van der Waals surface area contributed by atoms with E-state index in [-0.39, 0.29) is 24.0 Å². The zero-order valence-electron chi connectivity index (χ0n) is 12.7. The third-order valence-corrected chi connectivity index (χ3v) is 3.02. The average molecular weight is 316 g/mol. The van der Waals surface area contributed by atoms with E-state index in [1.807, 2.05) is 25.1 Å². The van der Waals surface area contributed by atoms with E-state index in [1.165, 1.54) is 25.3 Å². The molecule has 0 bridgehead atoms. The molecule has 0 aliphatic carbocycles. The Kier molecular flexibility index (Phi) is 5.14. The molecule has 0 unspecified atom stereocenters. The summed E-state index contributed by atoms with van der Waals surface area (Å²) in [4.78, 5) is 22.2. The normalized spacial score (nSPS) is 10.0. The molecule has 1 N–H and O–H groups in total. The molecule has 7 heteroatoms. The van der Waals surface area contributed by atoms with Crippen LogP contribution in [0.3, 0.4) is 0 Å². The average Bonchev–Trinajstić information content (AvgIpc) is 2.52. The molecule has 2 aromatic rings. The number of nitro groups is 1. The Bertz CT molecular complexity index is 730. The first-order valence-electron chi connectivity index (χ1n) is 6.81. The molecule has 23 heavy (non-hydrogen) atoms. The van der Waals surface area contributed by atoms with E-state index < -0.39 is 4.92 Å². The van der Waals surface area contributed by atoms with Crippen molar-refractivity contribution in [1.82, 2.24) is 0 Å². The van der Waals surface area contributed by atoms with Crippen LogP contribution in [0.4, 0.5) is 11.4 Å². The van der Waals surface area contributed by atoms with E-state index in [4.69, 9.17) is 9.47 Å². The van der Waals surface area contributed by atoms with Crippen LogP contribution < -0.4 is 14.8 Å². The molecule has 0 saturated carbocycles. The second-order valence-corrected chi connectivity index (χ2v) is 4.80. The lowest BCUT2D eigenvalue weighted by molar-refractivity contribution is -0.385. The molecule has 0 saturated heterocycles. The van der Waals surface area contributed by atoms with Crippen molar-refractivity contribution >= 4 is 17.3 Å². The largest absolute Gasteiger partial charge is 0.493 e. The van der Waals surface area contributed by atoms with Gasteiger partial charge in [0, 0.05) is 11.8 Å². The lowest BCUT2D eigenvalue weighted by Crippen LogP contribution is -2.20. The number of hydrogen-bond acceptors (Lipinski definition) is 5. The first kappa shape index (κ1) is 16.3. The fourth-order valence-electron chi connectivity index (χ4n) is 1.95. The van der Waals surface area contributed by atoms with E-state index in [1.54, 1.807) is 6.07 Å². The second-order valence-electron chi connectivity index (χ2n) is 4.80. The number of non-ortho nitro benzene ring substituents is 1. The molecular formula is C16H16N2O5. The van der Waals surface area contributed by atoms with Gasteiger partial charge in [0.15, 0.2) is 18.1 Å². The van der Waals surface area contributed by atoms with Gasteiger partial charge in [-0.15, -0.1) is 0 Å². The van der Waals surface area contributed by atoms with Gasteiger partial charge in [-0.25, -0.2) is 0 Å². The van der Waals surface area contributed by atoms with Gasteiger partial charge in [0.2, 0.25) is 0 Å². The van der Waals surface area contributed by atoms with Gasteiger partial charge in [0.05, 0.1) is 18.1 Å². The molecule has 0 atom stereocenters. The molecule has 2 aromatic carbocycles. The van der Waals surface area contributed by atoms with Crippen LogP contribution in [-0.4, -0.2) is 24.5 Å². The van der Waals surface area contributed by atoms with Gasteiger partial charge < -0.3 is 14.8 Å². The topological polar surface area (TPSA) is 90.7 Å². The molecule has 0 spiro atoms. The van der Waals surface area contributed by atoms with Crippen molar-refractivity contribution in [3.05, 3.63) is 58.1 Å². The van der Waals surface area contributed by atoms with Crippen LogP contribution in [0.25, 0.3) is 0 Å².